The topological polar surface area (TPSA) is 79.7 Å². The summed E-state index contributed by atoms with van der Waals surface area (Å²) in [4.78, 5) is 19.0. The summed E-state index contributed by atoms with van der Waals surface area (Å²) in [5.41, 5.74) is 6.95. The van der Waals surface area contributed by atoms with Gasteiger partial charge >= 0.3 is 0 Å². The van der Waals surface area contributed by atoms with Crippen LogP contribution in [0.2, 0.25) is 0 Å². The maximum absolute atomic E-state index is 12.6. The van der Waals surface area contributed by atoms with Crippen LogP contribution in [0.5, 0.6) is 0 Å². The first-order valence-electron chi connectivity index (χ1n) is 9.98. The van der Waals surface area contributed by atoms with Gasteiger partial charge in [-0.2, -0.15) is 14.9 Å². The van der Waals surface area contributed by atoms with Gasteiger partial charge in [-0.15, -0.1) is 0 Å². The third kappa shape index (κ3) is 3.23. The number of rotatable bonds is 3. The van der Waals surface area contributed by atoms with Crippen molar-refractivity contribution < 1.29 is 0 Å². The fourth-order valence-electron chi connectivity index (χ4n) is 3.81. The number of pyridine rings is 1. The summed E-state index contributed by atoms with van der Waals surface area (Å²) < 4.78 is 1.39. The molecule has 30 heavy (non-hydrogen) atoms. The number of nitrogens with one attached hydrogen (secondary N) is 1. The van der Waals surface area contributed by atoms with Gasteiger partial charge < -0.3 is 4.90 Å². The van der Waals surface area contributed by atoms with Crippen LogP contribution < -0.4 is 5.56 Å². The molecule has 150 valence electrons. The lowest BCUT2D eigenvalue weighted by atomic mass is 9.98. The van der Waals surface area contributed by atoms with Crippen LogP contribution in [0.4, 0.5) is 0 Å². The van der Waals surface area contributed by atoms with Gasteiger partial charge in [0.15, 0.2) is 0 Å². The molecule has 3 aromatic heterocycles. The first kappa shape index (κ1) is 18.4. The van der Waals surface area contributed by atoms with E-state index in [-0.39, 0.29) is 5.56 Å². The molecule has 0 fully saturated rings. The number of fused-ring (bicyclic) bond motifs is 1. The molecule has 0 atom stereocenters. The van der Waals surface area contributed by atoms with Gasteiger partial charge in [-0.3, -0.25) is 14.9 Å². The van der Waals surface area contributed by atoms with E-state index < -0.39 is 0 Å². The van der Waals surface area contributed by atoms with E-state index in [1.165, 1.54) is 21.9 Å². The molecule has 1 aliphatic rings. The second-order valence-electron chi connectivity index (χ2n) is 7.71. The third-order valence-electron chi connectivity index (χ3n) is 5.63. The summed E-state index contributed by atoms with van der Waals surface area (Å²) in [7, 11) is 2.14. The van der Waals surface area contributed by atoms with Gasteiger partial charge in [-0.05, 0) is 43.2 Å². The smallest absolute Gasteiger partial charge is 0.273 e. The van der Waals surface area contributed by atoms with Gasteiger partial charge in [0.05, 0.1) is 17.4 Å². The number of aromatic amines is 1. The Morgan fingerprint density at radius 3 is 2.63 bits per heavy atom. The Labute approximate surface area is 173 Å². The largest absolute Gasteiger partial charge is 0.302 e. The molecule has 0 spiro atoms. The zero-order valence-corrected chi connectivity index (χ0v) is 17.0. The number of hydrogen-bond acceptors (Lipinski definition) is 5. The number of hydrogen-bond donors (Lipinski definition) is 1. The SMILES string of the molecule is Cc1ccncc1-n1nc2c(-c3ccc(C4=CCN(C)CC4)cc3)n[nH]c2cc1=O. The number of aromatic nitrogens is 5. The summed E-state index contributed by atoms with van der Waals surface area (Å²) in [6, 6.07) is 11.8. The van der Waals surface area contributed by atoms with E-state index in [1.807, 2.05) is 13.0 Å². The van der Waals surface area contributed by atoms with Crippen molar-refractivity contribution in [2.75, 3.05) is 20.1 Å². The van der Waals surface area contributed by atoms with Crippen molar-refractivity contribution in [3.05, 3.63) is 76.3 Å². The first-order chi connectivity index (χ1) is 14.6. The first-order valence-corrected chi connectivity index (χ1v) is 9.98. The maximum atomic E-state index is 12.6. The monoisotopic (exact) mass is 398 g/mol. The van der Waals surface area contributed by atoms with Gasteiger partial charge in [-0.25, -0.2) is 0 Å². The van der Waals surface area contributed by atoms with Crippen molar-refractivity contribution in [1.29, 1.82) is 0 Å². The van der Waals surface area contributed by atoms with Crippen LogP contribution in [0.15, 0.2) is 59.7 Å². The Morgan fingerprint density at radius 1 is 1.10 bits per heavy atom. The van der Waals surface area contributed by atoms with E-state index in [0.29, 0.717) is 16.7 Å². The molecular weight excluding hydrogens is 376 g/mol. The minimum atomic E-state index is -0.224. The van der Waals surface area contributed by atoms with E-state index in [9.17, 15) is 4.79 Å². The van der Waals surface area contributed by atoms with Gasteiger partial charge in [0.1, 0.15) is 11.2 Å². The highest BCUT2D eigenvalue weighted by atomic mass is 16.1. The van der Waals surface area contributed by atoms with Crippen molar-refractivity contribution in [2.24, 2.45) is 0 Å². The van der Waals surface area contributed by atoms with Crippen molar-refractivity contribution in [3.8, 4) is 16.9 Å². The van der Waals surface area contributed by atoms with Crippen molar-refractivity contribution in [1.82, 2.24) is 29.9 Å². The number of likely N-dealkylation sites (N-methyl/N-ethyl adjacent to an activating group) is 1. The Hall–Kier alpha value is -3.58. The molecule has 7 nitrogen and oxygen atoms in total. The molecule has 0 unspecified atom stereocenters. The number of benzene rings is 1. The minimum Gasteiger partial charge on any atom is -0.302 e. The Balaban J connectivity index is 1.56. The molecule has 0 saturated carbocycles. The molecule has 0 radical (unpaired) electrons. The lowest BCUT2D eigenvalue weighted by Gasteiger charge is -2.22. The zero-order chi connectivity index (χ0) is 20.7. The molecule has 4 heterocycles. The fraction of sp³-hybridized carbons (Fsp3) is 0.217. The summed E-state index contributed by atoms with van der Waals surface area (Å²) >= 11 is 0. The van der Waals surface area contributed by atoms with E-state index in [0.717, 1.165) is 36.3 Å². The highest BCUT2D eigenvalue weighted by Crippen LogP contribution is 2.28. The maximum Gasteiger partial charge on any atom is 0.273 e. The van der Waals surface area contributed by atoms with Crippen molar-refractivity contribution >= 4 is 16.6 Å². The molecule has 1 aromatic carbocycles. The lowest BCUT2D eigenvalue weighted by Crippen LogP contribution is -2.23. The number of aryl methyl sites for hydroxylation is 1. The second kappa shape index (κ2) is 7.35. The van der Waals surface area contributed by atoms with Crippen LogP contribution in [0.3, 0.4) is 0 Å². The Morgan fingerprint density at radius 2 is 1.90 bits per heavy atom. The van der Waals surface area contributed by atoms with Crippen LogP contribution in [0.25, 0.3) is 33.6 Å². The van der Waals surface area contributed by atoms with E-state index in [2.05, 4.69) is 62.6 Å². The molecule has 0 amide bonds. The molecule has 0 aliphatic carbocycles. The summed E-state index contributed by atoms with van der Waals surface area (Å²) in [6.07, 6.45) is 6.70. The van der Waals surface area contributed by atoms with Crippen LogP contribution in [0.1, 0.15) is 17.5 Å². The molecule has 0 bridgehead atoms. The zero-order valence-electron chi connectivity index (χ0n) is 17.0. The van der Waals surface area contributed by atoms with Gasteiger partial charge in [0, 0.05) is 30.9 Å². The highest BCUT2D eigenvalue weighted by molar-refractivity contribution is 5.89. The summed E-state index contributed by atoms with van der Waals surface area (Å²) in [5.74, 6) is 0. The van der Waals surface area contributed by atoms with Crippen molar-refractivity contribution in [2.45, 2.75) is 13.3 Å². The highest BCUT2D eigenvalue weighted by Gasteiger charge is 2.15. The molecule has 4 aromatic rings. The third-order valence-corrected chi connectivity index (χ3v) is 5.63. The standard InChI is InChI=1S/C23H22N6O/c1-15-7-10-24-14-20(15)29-21(30)13-19-23(27-29)22(26-25-19)18-5-3-16(4-6-18)17-8-11-28(2)12-9-17/h3-8,10,13-14,25H,9,11-12H2,1-2H3. The van der Waals surface area contributed by atoms with Crippen LogP contribution in [-0.2, 0) is 0 Å². The lowest BCUT2D eigenvalue weighted by molar-refractivity contribution is 0.370. The van der Waals surface area contributed by atoms with Gasteiger partial charge in [0.25, 0.3) is 5.56 Å². The average molecular weight is 398 g/mol. The molecular formula is C23H22N6O. The number of H-pyrrole nitrogens is 1. The van der Waals surface area contributed by atoms with Crippen LogP contribution >= 0.6 is 0 Å². The normalized spacial score (nSPS) is 14.8. The molecule has 7 heteroatoms. The fourth-order valence-corrected chi connectivity index (χ4v) is 3.81. The molecule has 5 rings (SSSR count). The molecule has 0 saturated heterocycles. The van der Waals surface area contributed by atoms with E-state index in [1.54, 1.807) is 12.4 Å². The predicted octanol–water partition coefficient (Wildman–Crippen LogP) is 3.20. The Kier molecular flexibility index (Phi) is 4.52. The Bertz CT molecular complexity index is 1320. The van der Waals surface area contributed by atoms with Crippen LogP contribution in [0, 0.1) is 6.92 Å². The minimum absolute atomic E-state index is 0.224. The second-order valence-corrected chi connectivity index (χ2v) is 7.71. The predicted molar refractivity (Wildman–Crippen MR) is 118 cm³/mol. The van der Waals surface area contributed by atoms with Gasteiger partial charge in [0.2, 0.25) is 0 Å². The van der Waals surface area contributed by atoms with E-state index >= 15 is 0 Å². The number of nitrogens with zero attached hydrogens (tertiary/aromatic N) is 5. The quantitative estimate of drug-likeness (QED) is 0.573. The molecule has 1 N–H and O–H groups in total. The van der Waals surface area contributed by atoms with Crippen LogP contribution in [-0.4, -0.2) is 50.0 Å². The summed E-state index contributed by atoms with van der Waals surface area (Å²) in [5, 5.41) is 12.0. The molecule has 1 aliphatic heterocycles. The summed E-state index contributed by atoms with van der Waals surface area (Å²) in [6.45, 7) is 3.99. The average Bonchev–Trinajstić information content (AvgIpc) is 3.17. The van der Waals surface area contributed by atoms with Crippen molar-refractivity contribution in [3.63, 3.8) is 0 Å². The van der Waals surface area contributed by atoms with Gasteiger partial charge in [-0.1, -0.05) is 30.3 Å². The van der Waals surface area contributed by atoms with E-state index in [4.69, 9.17) is 0 Å².